The molecule has 1 aromatic carbocycles. The fourth-order valence-electron chi connectivity index (χ4n) is 4.71. The van der Waals surface area contributed by atoms with Crippen molar-refractivity contribution in [2.75, 3.05) is 38.2 Å². The number of morpholine rings is 1. The molecule has 3 aromatic rings. The van der Waals surface area contributed by atoms with Crippen molar-refractivity contribution in [3.63, 3.8) is 0 Å². The number of pyridine rings is 1. The minimum atomic E-state index is -0.638. The van der Waals surface area contributed by atoms with E-state index in [1.54, 1.807) is 19.5 Å². The molecule has 5 rings (SSSR count). The van der Waals surface area contributed by atoms with E-state index >= 15 is 4.39 Å². The van der Waals surface area contributed by atoms with Gasteiger partial charge in [0.2, 0.25) is 5.95 Å². The number of aliphatic imine (C=N–C) groups is 1. The van der Waals surface area contributed by atoms with Crippen molar-refractivity contribution in [2.24, 2.45) is 4.99 Å². The molecule has 1 N–H and O–H groups in total. The van der Waals surface area contributed by atoms with Crippen LogP contribution in [0.2, 0.25) is 0 Å². The molecule has 7 nitrogen and oxygen atoms in total. The number of nitrogens with zero attached hydrogens (tertiary/aromatic N) is 5. The second kappa shape index (κ2) is 8.55. The lowest BCUT2D eigenvalue weighted by atomic mass is 10.0. The molecule has 3 atom stereocenters. The van der Waals surface area contributed by atoms with Gasteiger partial charge in [-0.15, -0.1) is 0 Å². The first-order chi connectivity index (χ1) is 15.5. The highest BCUT2D eigenvalue weighted by atomic mass is 19.1. The van der Waals surface area contributed by atoms with Gasteiger partial charge in [0.15, 0.2) is 5.82 Å². The number of imidazole rings is 1. The van der Waals surface area contributed by atoms with Gasteiger partial charge in [-0.05, 0) is 19.4 Å². The lowest BCUT2D eigenvalue weighted by molar-refractivity contribution is -0.0137. The first-order valence-corrected chi connectivity index (χ1v) is 10.9. The summed E-state index contributed by atoms with van der Waals surface area (Å²) in [5.74, 6) is -0.653. The highest BCUT2D eigenvalue weighted by molar-refractivity contribution is 5.80. The molecule has 2 fully saturated rings. The quantitative estimate of drug-likeness (QED) is 0.632. The summed E-state index contributed by atoms with van der Waals surface area (Å²) >= 11 is 0. The Kier molecular flexibility index (Phi) is 5.60. The lowest BCUT2D eigenvalue weighted by Gasteiger charge is -2.42. The second-order valence-corrected chi connectivity index (χ2v) is 8.32. The van der Waals surface area contributed by atoms with Gasteiger partial charge >= 0.3 is 0 Å². The minimum absolute atomic E-state index is 0.166. The smallest absolute Gasteiger partial charge is 0.207 e. The Balaban J connectivity index is 1.58. The predicted molar refractivity (Wildman–Crippen MR) is 120 cm³/mol. The molecule has 0 saturated carbocycles. The van der Waals surface area contributed by atoms with Gasteiger partial charge in [-0.3, -0.25) is 14.5 Å². The summed E-state index contributed by atoms with van der Waals surface area (Å²) < 4.78 is 36.7. The van der Waals surface area contributed by atoms with Crippen LogP contribution in [-0.2, 0) is 4.74 Å². The van der Waals surface area contributed by atoms with E-state index in [2.05, 4.69) is 25.2 Å². The predicted octanol–water partition coefficient (Wildman–Crippen LogP) is 2.93. The van der Waals surface area contributed by atoms with Gasteiger partial charge < -0.3 is 15.0 Å². The molecule has 2 aliphatic rings. The molecule has 0 aliphatic carbocycles. The van der Waals surface area contributed by atoms with Crippen molar-refractivity contribution < 1.29 is 13.5 Å². The number of hydrogen-bond donors (Lipinski definition) is 1. The molecule has 2 saturated heterocycles. The first-order valence-electron chi connectivity index (χ1n) is 10.9. The van der Waals surface area contributed by atoms with Crippen molar-refractivity contribution in [1.82, 2.24) is 19.9 Å². The fraction of sp³-hybridized carbons (Fsp3) is 0.435. The number of hydrogen-bond acceptors (Lipinski definition) is 6. The molecule has 168 valence electrons. The van der Waals surface area contributed by atoms with Crippen LogP contribution in [0.25, 0.3) is 11.0 Å². The van der Waals surface area contributed by atoms with Crippen molar-refractivity contribution in [2.45, 2.75) is 31.5 Å². The van der Waals surface area contributed by atoms with E-state index in [0.717, 1.165) is 36.8 Å². The van der Waals surface area contributed by atoms with Gasteiger partial charge in [-0.2, -0.15) is 0 Å². The van der Waals surface area contributed by atoms with E-state index in [-0.39, 0.29) is 23.7 Å². The van der Waals surface area contributed by atoms with Crippen LogP contribution in [0.3, 0.4) is 0 Å². The molecule has 32 heavy (non-hydrogen) atoms. The van der Waals surface area contributed by atoms with Crippen LogP contribution in [0.5, 0.6) is 0 Å². The molecule has 0 radical (unpaired) electrons. The van der Waals surface area contributed by atoms with Crippen LogP contribution in [0.15, 0.2) is 35.5 Å². The number of aromatic nitrogens is 3. The van der Waals surface area contributed by atoms with Crippen molar-refractivity contribution in [3.05, 3.63) is 53.4 Å². The maximum absolute atomic E-state index is 15.0. The Morgan fingerprint density at radius 2 is 2.19 bits per heavy atom. The topological polar surface area (TPSA) is 67.6 Å². The van der Waals surface area contributed by atoms with Crippen molar-refractivity contribution in [1.29, 1.82) is 0 Å². The monoisotopic (exact) mass is 440 g/mol. The number of piperidine rings is 1. The molecule has 0 unspecified atom stereocenters. The summed E-state index contributed by atoms with van der Waals surface area (Å²) in [6.45, 7) is 4.88. The number of halogens is 2. The number of fused-ring (bicyclic) bond motifs is 2. The third-order valence-corrected chi connectivity index (χ3v) is 6.26. The van der Waals surface area contributed by atoms with Gasteiger partial charge in [0.25, 0.3) is 0 Å². The molecule has 0 bridgehead atoms. The Morgan fingerprint density at radius 3 is 2.97 bits per heavy atom. The van der Waals surface area contributed by atoms with Crippen LogP contribution in [0.1, 0.15) is 30.6 Å². The molecule has 4 heterocycles. The highest BCUT2D eigenvalue weighted by Gasteiger charge is 2.35. The summed E-state index contributed by atoms with van der Waals surface area (Å²) in [6, 6.07) is 5.89. The zero-order valence-electron chi connectivity index (χ0n) is 18.1. The maximum atomic E-state index is 15.0. The Morgan fingerprint density at radius 1 is 1.31 bits per heavy atom. The van der Waals surface area contributed by atoms with Gasteiger partial charge in [0.1, 0.15) is 11.3 Å². The molecular formula is C23H26F2N6O. The molecule has 0 spiro atoms. The van der Waals surface area contributed by atoms with Crippen LogP contribution in [0, 0.1) is 11.6 Å². The summed E-state index contributed by atoms with van der Waals surface area (Å²) in [5.41, 5.74) is 2.23. The van der Waals surface area contributed by atoms with Crippen LogP contribution in [0.4, 0.5) is 14.7 Å². The maximum Gasteiger partial charge on any atom is 0.207 e. The van der Waals surface area contributed by atoms with E-state index < -0.39 is 11.6 Å². The Bertz CT molecular complexity index is 1150. The van der Waals surface area contributed by atoms with E-state index in [0.29, 0.717) is 24.6 Å². The Hall–Kier alpha value is -2.91. The zero-order chi connectivity index (χ0) is 22.2. The SMILES string of the molecule is CN=Cc1ccc([C@H](C)n2c(N3CC[C@H]4OCCN[C@@H]4C3)nc3cc(F)cc(F)c32)nc1. The molecule has 9 heteroatoms. The van der Waals surface area contributed by atoms with Gasteiger partial charge in [-0.25, -0.2) is 13.8 Å². The Labute approximate surface area is 185 Å². The van der Waals surface area contributed by atoms with Gasteiger partial charge in [0, 0.05) is 56.8 Å². The highest BCUT2D eigenvalue weighted by Crippen LogP contribution is 2.33. The van der Waals surface area contributed by atoms with Crippen molar-refractivity contribution >= 4 is 23.2 Å². The number of rotatable bonds is 4. The molecule has 2 aliphatic heterocycles. The third kappa shape index (κ3) is 3.75. The fourth-order valence-corrected chi connectivity index (χ4v) is 4.71. The van der Waals surface area contributed by atoms with E-state index in [1.807, 2.05) is 23.6 Å². The summed E-state index contributed by atoms with van der Waals surface area (Å²) in [6.07, 6.45) is 4.47. The van der Waals surface area contributed by atoms with Crippen LogP contribution >= 0.6 is 0 Å². The lowest BCUT2D eigenvalue weighted by Crippen LogP contribution is -2.58. The zero-order valence-corrected chi connectivity index (χ0v) is 18.1. The second-order valence-electron chi connectivity index (χ2n) is 8.32. The minimum Gasteiger partial charge on any atom is -0.375 e. The number of ether oxygens (including phenoxy) is 1. The average Bonchev–Trinajstić information content (AvgIpc) is 3.18. The number of anilines is 1. The molecular weight excluding hydrogens is 414 g/mol. The van der Waals surface area contributed by atoms with E-state index in [4.69, 9.17) is 4.74 Å². The third-order valence-electron chi connectivity index (χ3n) is 6.26. The van der Waals surface area contributed by atoms with Crippen LogP contribution in [-0.4, -0.2) is 66.2 Å². The van der Waals surface area contributed by atoms with Gasteiger partial charge in [-0.1, -0.05) is 6.07 Å². The van der Waals surface area contributed by atoms with E-state index in [9.17, 15) is 4.39 Å². The normalized spacial score (nSPS) is 22.4. The average molecular weight is 440 g/mol. The van der Waals surface area contributed by atoms with E-state index in [1.165, 1.54) is 6.07 Å². The summed E-state index contributed by atoms with van der Waals surface area (Å²) in [5, 5.41) is 3.51. The standard InChI is InChI=1S/C23H26F2N6O/c1-14(18-4-3-15(11-26-2)12-28-18)31-22-17(25)9-16(24)10-19(22)29-23(31)30-7-5-21-20(13-30)27-6-8-32-21/h3-4,9-12,14,20-21,27H,5-8,13H2,1-2H3/t14-,20+,21+/m0/s1. The number of nitrogens with one attached hydrogen (secondary N) is 1. The number of benzene rings is 1. The van der Waals surface area contributed by atoms with Crippen LogP contribution < -0.4 is 10.2 Å². The summed E-state index contributed by atoms with van der Waals surface area (Å²) in [4.78, 5) is 15.4. The first kappa shape index (κ1) is 21.0. The molecule has 0 amide bonds. The van der Waals surface area contributed by atoms with Gasteiger partial charge in [0.05, 0.1) is 36.0 Å². The largest absolute Gasteiger partial charge is 0.375 e. The molecule has 2 aromatic heterocycles. The summed E-state index contributed by atoms with van der Waals surface area (Å²) in [7, 11) is 1.71. The van der Waals surface area contributed by atoms with Crippen molar-refractivity contribution in [3.8, 4) is 0 Å².